The van der Waals surface area contributed by atoms with Gasteiger partial charge in [0.15, 0.2) is 0 Å². The second-order valence-electron chi connectivity index (χ2n) is 7.92. The molecule has 0 aliphatic heterocycles. The highest BCUT2D eigenvalue weighted by atomic mass is 16.5. The maximum Gasteiger partial charge on any atom is 0.339 e. The van der Waals surface area contributed by atoms with E-state index < -0.39 is 5.97 Å². The Hall–Kier alpha value is -4.65. The van der Waals surface area contributed by atoms with Crippen LogP contribution in [0, 0.1) is 0 Å². The van der Waals surface area contributed by atoms with E-state index in [1.54, 1.807) is 42.6 Å². The van der Waals surface area contributed by atoms with Gasteiger partial charge in [0.25, 0.3) is 0 Å². The van der Waals surface area contributed by atoms with Crippen molar-refractivity contribution in [2.24, 2.45) is 0 Å². The van der Waals surface area contributed by atoms with E-state index in [4.69, 9.17) is 14.2 Å². The van der Waals surface area contributed by atoms with Gasteiger partial charge in [-0.2, -0.15) is 0 Å². The number of benzene rings is 3. The van der Waals surface area contributed by atoms with Crippen molar-refractivity contribution in [3.8, 4) is 17.4 Å². The number of rotatable bonds is 9. The van der Waals surface area contributed by atoms with Gasteiger partial charge in [0.2, 0.25) is 11.8 Å². The van der Waals surface area contributed by atoms with Crippen LogP contribution in [0.15, 0.2) is 91.1 Å². The fourth-order valence-electron chi connectivity index (χ4n) is 3.55. The third kappa shape index (κ3) is 6.27. The van der Waals surface area contributed by atoms with Gasteiger partial charge in [0.05, 0.1) is 24.8 Å². The van der Waals surface area contributed by atoms with E-state index >= 15 is 0 Å². The van der Waals surface area contributed by atoms with Gasteiger partial charge in [-0.25, -0.2) is 9.78 Å². The van der Waals surface area contributed by atoms with Crippen LogP contribution in [0.25, 0.3) is 10.8 Å². The summed E-state index contributed by atoms with van der Waals surface area (Å²) in [6.07, 6.45) is 5.59. The van der Waals surface area contributed by atoms with Crippen molar-refractivity contribution in [3.63, 3.8) is 0 Å². The minimum Gasteiger partial charge on any atom is -0.490 e. The molecular formula is C29H26N2O5. The maximum absolute atomic E-state index is 12.5. The number of carbonyl (C=O) groups excluding carboxylic acids is 2. The Morgan fingerprint density at radius 1 is 0.944 bits per heavy atom. The normalized spacial score (nSPS) is 10.8. The zero-order valence-corrected chi connectivity index (χ0v) is 20.1. The summed E-state index contributed by atoms with van der Waals surface area (Å²) in [7, 11) is 1.30. The minimum absolute atomic E-state index is 0.0945. The molecule has 1 aromatic heterocycles. The van der Waals surface area contributed by atoms with Crippen LogP contribution in [0.1, 0.15) is 22.8 Å². The largest absolute Gasteiger partial charge is 0.490 e. The van der Waals surface area contributed by atoms with Crippen molar-refractivity contribution >= 4 is 28.3 Å². The first kappa shape index (κ1) is 24.5. The van der Waals surface area contributed by atoms with Crippen LogP contribution in [-0.4, -0.2) is 30.6 Å². The van der Waals surface area contributed by atoms with Gasteiger partial charge < -0.3 is 19.5 Å². The van der Waals surface area contributed by atoms with E-state index in [1.807, 2.05) is 55.5 Å². The lowest BCUT2D eigenvalue weighted by Gasteiger charge is -2.10. The molecule has 0 aliphatic carbocycles. The lowest BCUT2D eigenvalue weighted by atomic mass is 10.1. The van der Waals surface area contributed by atoms with Crippen molar-refractivity contribution in [1.29, 1.82) is 0 Å². The molecule has 4 rings (SSSR count). The van der Waals surface area contributed by atoms with Crippen LogP contribution in [0.3, 0.4) is 0 Å². The van der Waals surface area contributed by atoms with Gasteiger partial charge in [-0.05, 0) is 59.7 Å². The summed E-state index contributed by atoms with van der Waals surface area (Å²) in [6, 6.07) is 21.9. The summed E-state index contributed by atoms with van der Waals surface area (Å²) < 4.78 is 16.4. The van der Waals surface area contributed by atoms with Crippen LogP contribution >= 0.6 is 0 Å². The van der Waals surface area contributed by atoms with E-state index in [0.717, 1.165) is 16.5 Å². The van der Waals surface area contributed by atoms with Crippen molar-refractivity contribution in [3.05, 3.63) is 102 Å². The second kappa shape index (κ2) is 11.7. The quantitative estimate of drug-likeness (QED) is 0.234. The Morgan fingerprint density at radius 3 is 2.42 bits per heavy atom. The van der Waals surface area contributed by atoms with E-state index in [2.05, 4.69) is 10.3 Å². The molecular weight excluding hydrogens is 456 g/mol. The van der Waals surface area contributed by atoms with E-state index in [-0.39, 0.29) is 12.3 Å². The molecule has 182 valence electrons. The first-order valence-electron chi connectivity index (χ1n) is 11.4. The minimum atomic E-state index is -0.513. The molecule has 1 amide bonds. The molecule has 0 fully saturated rings. The van der Waals surface area contributed by atoms with E-state index in [1.165, 1.54) is 7.11 Å². The molecule has 0 saturated carbocycles. The third-order valence-electron chi connectivity index (χ3n) is 5.36. The van der Waals surface area contributed by atoms with Gasteiger partial charge in [-0.1, -0.05) is 42.5 Å². The highest BCUT2D eigenvalue weighted by Gasteiger charge is 2.14. The van der Waals surface area contributed by atoms with E-state index in [9.17, 15) is 9.59 Å². The predicted octanol–water partition coefficient (Wildman–Crippen LogP) is 5.95. The Balaban J connectivity index is 1.37. The molecule has 1 heterocycles. The number of allylic oxidation sites excluding steroid dienone is 1. The Labute approximate surface area is 209 Å². The standard InChI is InChI=1S/C29H26N2O5/c1-3-4-15-35-23-12-10-22-18-24(13-11-21(22)17-23)36-28-14-9-20(19-30-28)16-27(32)31-26-8-6-5-7-25(26)29(33)34-2/h3-14,17-19H,15-16H2,1-2H3,(H,31,32)/b4-3+. The molecule has 0 saturated heterocycles. The average molecular weight is 483 g/mol. The number of hydrogen-bond donors (Lipinski definition) is 1. The summed E-state index contributed by atoms with van der Waals surface area (Å²) in [5, 5.41) is 4.82. The highest BCUT2D eigenvalue weighted by Crippen LogP contribution is 2.27. The van der Waals surface area contributed by atoms with Gasteiger partial charge >= 0.3 is 5.97 Å². The number of carbonyl (C=O) groups is 2. The van der Waals surface area contributed by atoms with Crippen LogP contribution in [-0.2, 0) is 16.0 Å². The third-order valence-corrected chi connectivity index (χ3v) is 5.36. The smallest absolute Gasteiger partial charge is 0.339 e. The van der Waals surface area contributed by atoms with Gasteiger partial charge in [-0.15, -0.1) is 0 Å². The van der Waals surface area contributed by atoms with Crippen molar-refractivity contribution in [2.45, 2.75) is 13.3 Å². The first-order chi connectivity index (χ1) is 17.6. The number of methoxy groups -OCH3 is 1. The van der Waals surface area contributed by atoms with Crippen molar-refractivity contribution < 1.29 is 23.8 Å². The van der Waals surface area contributed by atoms with Crippen LogP contribution in [0.5, 0.6) is 17.4 Å². The van der Waals surface area contributed by atoms with Crippen molar-refractivity contribution in [2.75, 3.05) is 19.0 Å². The van der Waals surface area contributed by atoms with Crippen LogP contribution in [0.2, 0.25) is 0 Å². The molecule has 0 unspecified atom stereocenters. The number of para-hydroxylation sites is 1. The summed E-state index contributed by atoms with van der Waals surface area (Å²) >= 11 is 0. The van der Waals surface area contributed by atoms with E-state index in [0.29, 0.717) is 35.1 Å². The van der Waals surface area contributed by atoms with Crippen molar-refractivity contribution in [1.82, 2.24) is 4.98 Å². The second-order valence-corrected chi connectivity index (χ2v) is 7.92. The molecule has 0 radical (unpaired) electrons. The number of nitrogens with one attached hydrogen (secondary N) is 1. The molecule has 0 bridgehead atoms. The SMILES string of the molecule is C/C=C/COc1ccc2cc(Oc3ccc(CC(=O)Nc4ccccc4C(=O)OC)cn3)ccc2c1. The zero-order chi connectivity index (χ0) is 25.3. The molecule has 36 heavy (non-hydrogen) atoms. The fourth-order valence-corrected chi connectivity index (χ4v) is 3.55. The number of pyridine rings is 1. The highest BCUT2D eigenvalue weighted by molar-refractivity contribution is 6.01. The first-order valence-corrected chi connectivity index (χ1v) is 11.4. The lowest BCUT2D eigenvalue weighted by Crippen LogP contribution is -2.17. The number of ether oxygens (including phenoxy) is 3. The summed E-state index contributed by atoms with van der Waals surface area (Å²) in [5.41, 5.74) is 1.40. The van der Waals surface area contributed by atoms with Gasteiger partial charge in [0, 0.05) is 12.3 Å². The Bertz CT molecular complexity index is 1400. The van der Waals surface area contributed by atoms with Gasteiger partial charge in [-0.3, -0.25) is 4.79 Å². The molecule has 0 spiro atoms. The molecule has 0 aliphatic rings. The monoisotopic (exact) mass is 482 g/mol. The number of nitrogens with zero attached hydrogens (tertiary/aromatic N) is 1. The Morgan fingerprint density at radius 2 is 1.69 bits per heavy atom. The number of aromatic nitrogens is 1. The zero-order valence-electron chi connectivity index (χ0n) is 20.1. The van der Waals surface area contributed by atoms with Crippen LogP contribution in [0.4, 0.5) is 5.69 Å². The Kier molecular flexibility index (Phi) is 7.93. The number of anilines is 1. The maximum atomic E-state index is 12.5. The molecule has 4 aromatic rings. The number of esters is 1. The average Bonchev–Trinajstić information content (AvgIpc) is 2.90. The summed E-state index contributed by atoms with van der Waals surface area (Å²) in [6.45, 7) is 2.49. The molecule has 7 heteroatoms. The number of fused-ring (bicyclic) bond motifs is 1. The molecule has 0 atom stereocenters. The summed E-state index contributed by atoms with van der Waals surface area (Å²) in [5.74, 6) is 1.10. The topological polar surface area (TPSA) is 86.8 Å². The van der Waals surface area contributed by atoms with Gasteiger partial charge in [0.1, 0.15) is 18.1 Å². The van der Waals surface area contributed by atoms with Crippen LogP contribution < -0.4 is 14.8 Å². The molecule has 1 N–H and O–H groups in total. The molecule has 3 aromatic carbocycles. The number of amides is 1. The summed E-state index contributed by atoms with van der Waals surface area (Å²) in [4.78, 5) is 28.7. The number of hydrogen-bond acceptors (Lipinski definition) is 6. The predicted molar refractivity (Wildman–Crippen MR) is 139 cm³/mol. The fraction of sp³-hybridized carbons (Fsp3) is 0.138. The molecule has 7 nitrogen and oxygen atoms in total. The lowest BCUT2D eigenvalue weighted by molar-refractivity contribution is -0.115.